The summed E-state index contributed by atoms with van der Waals surface area (Å²) in [6, 6.07) is 12.7. The molecular formula is C22H28N4O2. The first-order valence-electron chi connectivity index (χ1n) is 9.78. The number of amides is 2. The predicted molar refractivity (Wildman–Crippen MR) is 110 cm³/mol. The molecule has 28 heavy (non-hydrogen) atoms. The van der Waals surface area contributed by atoms with Gasteiger partial charge in [-0.15, -0.1) is 0 Å². The van der Waals surface area contributed by atoms with Crippen molar-refractivity contribution >= 4 is 17.6 Å². The van der Waals surface area contributed by atoms with Crippen LogP contribution in [0.25, 0.3) is 0 Å². The molecule has 1 atom stereocenters. The molecule has 1 unspecified atom stereocenters. The largest absolute Gasteiger partial charge is 0.353 e. The minimum Gasteiger partial charge on any atom is -0.353 e. The molecule has 1 aromatic carbocycles. The Morgan fingerprint density at radius 1 is 1.00 bits per heavy atom. The number of carbonyl (C=O) groups excluding carboxylic acids is 2. The quantitative estimate of drug-likeness (QED) is 0.866. The molecule has 3 rings (SSSR count). The molecule has 1 aliphatic rings. The Hall–Kier alpha value is -2.89. The highest BCUT2D eigenvalue weighted by Crippen LogP contribution is 2.15. The van der Waals surface area contributed by atoms with Crippen molar-refractivity contribution in [3.63, 3.8) is 0 Å². The van der Waals surface area contributed by atoms with Gasteiger partial charge >= 0.3 is 0 Å². The number of anilines is 1. The van der Waals surface area contributed by atoms with Gasteiger partial charge in [0.05, 0.1) is 0 Å². The second-order valence-corrected chi connectivity index (χ2v) is 7.51. The topological polar surface area (TPSA) is 65.5 Å². The highest BCUT2D eigenvalue weighted by Gasteiger charge is 2.31. The third kappa shape index (κ3) is 4.50. The van der Waals surface area contributed by atoms with E-state index in [9.17, 15) is 9.59 Å². The maximum Gasteiger partial charge on any atom is 0.252 e. The summed E-state index contributed by atoms with van der Waals surface area (Å²) < 4.78 is 0. The normalized spacial score (nSPS) is 15.4. The van der Waals surface area contributed by atoms with Crippen LogP contribution in [0.5, 0.6) is 0 Å². The number of benzene rings is 1. The van der Waals surface area contributed by atoms with Crippen molar-refractivity contribution in [3.05, 3.63) is 59.8 Å². The molecular weight excluding hydrogens is 352 g/mol. The molecule has 0 bridgehead atoms. The Morgan fingerprint density at radius 2 is 1.68 bits per heavy atom. The van der Waals surface area contributed by atoms with E-state index in [2.05, 4.69) is 15.2 Å². The predicted octanol–water partition coefficient (Wildman–Crippen LogP) is 2.49. The van der Waals surface area contributed by atoms with Gasteiger partial charge in [0.15, 0.2) is 0 Å². The third-order valence-electron chi connectivity index (χ3n) is 5.17. The van der Waals surface area contributed by atoms with E-state index in [4.69, 9.17) is 0 Å². The molecule has 2 aromatic rings. The summed E-state index contributed by atoms with van der Waals surface area (Å²) in [6.45, 7) is 8.55. The van der Waals surface area contributed by atoms with Crippen LogP contribution in [0.1, 0.15) is 29.8 Å². The SMILES string of the molecule is Cc1ccccc1C(=O)NC(C(=O)N1CCN(c2ccccn2)CC1)C(C)C. The summed E-state index contributed by atoms with van der Waals surface area (Å²) in [4.78, 5) is 34.2. The number of hydrogen-bond donors (Lipinski definition) is 1. The van der Waals surface area contributed by atoms with Gasteiger partial charge in [-0.05, 0) is 36.6 Å². The maximum absolute atomic E-state index is 13.1. The zero-order valence-corrected chi connectivity index (χ0v) is 16.8. The number of nitrogens with one attached hydrogen (secondary N) is 1. The van der Waals surface area contributed by atoms with Gasteiger partial charge in [-0.1, -0.05) is 38.1 Å². The number of nitrogens with zero attached hydrogens (tertiary/aromatic N) is 3. The number of aromatic nitrogens is 1. The van der Waals surface area contributed by atoms with Crippen LogP contribution in [0.2, 0.25) is 0 Å². The molecule has 6 heteroatoms. The Labute approximate surface area is 166 Å². The maximum atomic E-state index is 13.1. The van der Waals surface area contributed by atoms with Crippen molar-refractivity contribution in [1.29, 1.82) is 0 Å². The molecule has 1 saturated heterocycles. The second kappa shape index (κ2) is 8.87. The first kappa shape index (κ1) is 19.9. The monoisotopic (exact) mass is 380 g/mol. The van der Waals surface area contributed by atoms with Gasteiger partial charge in [0.25, 0.3) is 5.91 Å². The van der Waals surface area contributed by atoms with Crippen LogP contribution in [-0.4, -0.2) is 53.9 Å². The number of pyridine rings is 1. The fourth-order valence-corrected chi connectivity index (χ4v) is 3.45. The molecule has 148 valence electrons. The van der Waals surface area contributed by atoms with Crippen molar-refractivity contribution in [3.8, 4) is 0 Å². The molecule has 2 heterocycles. The minimum absolute atomic E-state index is 0.00860. The van der Waals surface area contributed by atoms with Crippen molar-refractivity contribution < 1.29 is 9.59 Å². The molecule has 6 nitrogen and oxygen atoms in total. The molecule has 0 saturated carbocycles. The van der Waals surface area contributed by atoms with Gasteiger partial charge in [-0.25, -0.2) is 4.98 Å². The molecule has 1 N–H and O–H groups in total. The lowest BCUT2D eigenvalue weighted by Gasteiger charge is -2.37. The lowest BCUT2D eigenvalue weighted by molar-refractivity contribution is -0.134. The third-order valence-corrected chi connectivity index (χ3v) is 5.17. The highest BCUT2D eigenvalue weighted by atomic mass is 16.2. The van der Waals surface area contributed by atoms with E-state index in [1.54, 1.807) is 12.3 Å². The Morgan fingerprint density at radius 3 is 2.29 bits per heavy atom. The van der Waals surface area contributed by atoms with Crippen LogP contribution >= 0.6 is 0 Å². The van der Waals surface area contributed by atoms with Gasteiger partial charge in [0.1, 0.15) is 11.9 Å². The minimum atomic E-state index is -0.534. The molecule has 1 fully saturated rings. The van der Waals surface area contributed by atoms with E-state index < -0.39 is 6.04 Å². The van der Waals surface area contributed by atoms with Gasteiger partial charge in [-0.2, -0.15) is 0 Å². The van der Waals surface area contributed by atoms with E-state index in [1.807, 2.05) is 62.1 Å². The van der Waals surface area contributed by atoms with Crippen molar-refractivity contribution in [1.82, 2.24) is 15.2 Å². The van der Waals surface area contributed by atoms with Gasteiger partial charge in [0, 0.05) is 37.9 Å². The van der Waals surface area contributed by atoms with Crippen molar-refractivity contribution in [2.24, 2.45) is 5.92 Å². The molecule has 1 aromatic heterocycles. The van der Waals surface area contributed by atoms with Crippen LogP contribution in [-0.2, 0) is 4.79 Å². The average molecular weight is 380 g/mol. The lowest BCUT2D eigenvalue weighted by atomic mass is 10.0. The Bertz CT molecular complexity index is 814. The van der Waals surface area contributed by atoms with Crippen LogP contribution in [0.3, 0.4) is 0 Å². The lowest BCUT2D eigenvalue weighted by Crippen LogP contribution is -2.56. The summed E-state index contributed by atoms with van der Waals surface area (Å²) in [5.41, 5.74) is 1.51. The number of piperazine rings is 1. The van der Waals surface area contributed by atoms with E-state index in [0.29, 0.717) is 18.7 Å². The van der Waals surface area contributed by atoms with Gasteiger partial charge in [-0.3, -0.25) is 9.59 Å². The van der Waals surface area contributed by atoms with Gasteiger partial charge < -0.3 is 15.1 Å². The van der Waals surface area contributed by atoms with E-state index in [-0.39, 0.29) is 17.7 Å². The molecule has 1 aliphatic heterocycles. The average Bonchev–Trinajstić information content (AvgIpc) is 2.72. The fourth-order valence-electron chi connectivity index (χ4n) is 3.45. The highest BCUT2D eigenvalue weighted by molar-refractivity contribution is 5.98. The number of carbonyl (C=O) groups is 2. The van der Waals surface area contributed by atoms with Crippen LogP contribution in [0.4, 0.5) is 5.82 Å². The second-order valence-electron chi connectivity index (χ2n) is 7.51. The van der Waals surface area contributed by atoms with E-state index in [0.717, 1.165) is 24.5 Å². The van der Waals surface area contributed by atoms with Crippen molar-refractivity contribution in [2.45, 2.75) is 26.8 Å². The molecule has 2 amide bonds. The summed E-state index contributed by atoms with van der Waals surface area (Å²) in [7, 11) is 0. The van der Waals surface area contributed by atoms with Crippen molar-refractivity contribution in [2.75, 3.05) is 31.1 Å². The summed E-state index contributed by atoms with van der Waals surface area (Å²) >= 11 is 0. The fraction of sp³-hybridized carbons (Fsp3) is 0.409. The first-order chi connectivity index (χ1) is 13.5. The number of hydrogen-bond acceptors (Lipinski definition) is 4. The smallest absolute Gasteiger partial charge is 0.252 e. The molecule has 0 spiro atoms. The Balaban J connectivity index is 1.64. The van der Waals surface area contributed by atoms with Gasteiger partial charge in [0.2, 0.25) is 5.91 Å². The van der Waals surface area contributed by atoms with Crippen LogP contribution in [0, 0.1) is 12.8 Å². The van der Waals surface area contributed by atoms with Crippen LogP contribution < -0.4 is 10.2 Å². The first-order valence-corrected chi connectivity index (χ1v) is 9.78. The number of aryl methyl sites for hydroxylation is 1. The Kier molecular flexibility index (Phi) is 6.29. The van der Waals surface area contributed by atoms with E-state index >= 15 is 0 Å². The van der Waals surface area contributed by atoms with Crippen LogP contribution in [0.15, 0.2) is 48.7 Å². The number of rotatable bonds is 5. The van der Waals surface area contributed by atoms with E-state index in [1.165, 1.54) is 0 Å². The standard InChI is InChI=1S/C22H28N4O2/c1-16(2)20(24-21(27)18-9-5-4-8-17(18)3)22(28)26-14-12-25(13-15-26)19-10-6-7-11-23-19/h4-11,16,20H,12-15H2,1-3H3,(H,24,27). The summed E-state index contributed by atoms with van der Waals surface area (Å²) in [6.07, 6.45) is 1.78. The summed E-state index contributed by atoms with van der Waals surface area (Å²) in [5.74, 6) is 0.729. The zero-order chi connectivity index (χ0) is 20.1. The molecule has 0 radical (unpaired) electrons. The molecule has 0 aliphatic carbocycles. The zero-order valence-electron chi connectivity index (χ0n) is 16.8. The summed E-state index contributed by atoms with van der Waals surface area (Å²) in [5, 5.41) is 2.96.